The zero-order valence-electron chi connectivity index (χ0n) is 8.23. The summed E-state index contributed by atoms with van der Waals surface area (Å²) in [7, 11) is 0. The fourth-order valence-electron chi connectivity index (χ4n) is 2.24. The van der Waals surface area contributed by atoms with E-state index in [1.54, 1.807) is 0 Å². The summed E-state index contributed by atoms with van der Waals surface area (Å²) in [5.41, 5.74) is 1.94. The van der Waals surface area contributed by atoms with E-state index in [0.29, 0.717) is 13.2 Å². The molecule has 1 unspecified atom stereocenters. The molecule has 0 amide bonds. The first kappa shape index (κ1) is 8.71. The van der Waals surface area contributed by atoms with Gasteiger partial charge in [0.05, 0.1) is 6.61 Å². The Kier molecular flexibility index (Phi) is 1.87. The van der Waals surface area contributed by atoms with Gasteiger partial charge in [-0.25, -0.2) is 0 Å². The third-order valence-corrected chi connectivity index (χ3v) is 2.94. The van der Waals surface area contributed by atoms with Gasteiger partial charge >= 0.3 is 0 Å². The highest BCUT2D eigenvalue weighted by atomic mass is 16.5. The van der Waals surface area contributed by atoms with Gasteiger partial charge in [0.25, 0.3) is 0 Å². The standard InChI is InChI=1S/C11H11NO3/c13-12-10-8-3-5-14-9(8)6-7-2-1-4-15-11(7)10/h3,6,10H,1-2,4-5H2. The quantitative estimate of drug-likeness (QED) is 0.615. The molecular formula is C11H11NO3. The number of ether oxygens (including phenoxy) is 2. The third-order valence-electron chi connectivity index (χ3n) is 2.94. The van der Waals surface area contributed by atoms with Crippen LogP contribution < -0.4 is 0 Å². The van der Waals surface area contributed by atoms with E-state index in [0.717, 1.165) is 35.5 Å². The molecule has 0 aromatic carbocycles. The normalized spacial score (nSPS) is 28.1. The summed E-state index contributed by atoms with van der Waals surface area (Å²) in [6.07, 6.45) is 5.82. The Morgan fingerprint density at radius 2 is 2.33 bits per heavy atom. The summed E-state index contributed by atoms with van der Waals surface area (Å²) in [4.78, 5) is 10.9. The molecule has 4 nitrogen and oxygen atoms in total. The van der Waals surface area contributed by atoms with Gasteiger partial charge < -0.3 is 9.47 Å². The number of fused-ring (bicyclic) bond motifs is 1. The lowest BCUT2D eigenvalue weighted by Crippen LogP contribution is -2.23. The Hall–Kier alpha value is -1.58. The first-order valence-corrected chi connectivity index (χ1v) is 5.13. The summed E-state index contributed by atoms with van der Waals surface area (Å²) >= 11 is 0. The molecule has 0 aromatic heterocycles. The molecular weight excluding hydrogens is 194 g/mol. The highest BCUT2D eigenvalue weighted by molar-refractivity contribution is 5.50. The van der Waals surface area contributed by atoms with E-state index in [4.69, 9.17) is 9.47 Å². The fourth-order valence-corrected chi connectivity index (χ4v) is 2.24. The lowest BCUT2D eigenvalue weighted by atomic mass is 9.91. The van der Waals surface area contributed by atoms with Crippen molar-refractivity contribution in [1.29, 1.82) is 0 Å². The van der Waals surface area contributed by atoms with Crippen LogP contribution in [0.25, 0.3) is 0 Å². The molecule has 1 aliphatic carbocycles. The van der Waals surface area contributed by atoms with Gasteiger partial charge in [-0.05, 0) is 30.6 Å². The number of hydrogen-bond donors (Lipinski definition) is 0. The van der Waals surface area contributed by atoms with Gasteiger partial charge in [-0.1, -0.05) is 5.18 Å². The average molecular weight is 205 g/mol. The fraction of sp³-hybridized carbons (Fsp3) is 0.455. The van der Waals surface area contributed by atoms with Crippen molar-refractivity contribution in [3.8, 4) is 0 Å². The molecule has 2 heterocycles. The maximum atomic E-state index is 10.9. The van der Waals surface area contributed by atoms with Crippen molar-refractivity contribution in [2.75, 3.05) is 13.2 Å². The van der Waals surface area contributed by atoms with Crippen LogP contribution in [0.3, 0.4) is 0 Å². The lowest BCUT2D eigenvalue weighted by Gasteiger charge is -2.27. The molecule has 15 heavy (non-hydrogen) atoms. The van der Waals surface area contributed by atoms with Gasteiger partial charge in [-0.3, -0.25) is 0 Å². The molecule has 0 spiro atoms. The molecule has 0 saturated heterocycles. The van der Waals surface area contributed by atoms with Crippen molar-refractivity contribution in [3.63, 3.8) is 0 Å². The Labute approximate surface area is 87.2 Å². The van der Waals surface area contributed by atoms with Crippen LogP contribution in [0, 0.1) is 4.91 Å². The van der Waals surface area contributed by atoms with Crippen LogP contribution in [0.5, 0.6) is 0 Å². The number of rotatable bonds is 1. The maximum Gasteiger partial charge on any atom is 0.177 e. The lowest BCUT2D eigenvalue weighted by molar-refractivity contribution is 0.172. The van der Waals surface area contributed by atoms with Crippen molar-refractivity contribution < 1.29 is 9.47 Å². The van der Waals surface area contributed by atoms with E-state index in [1.165, 1.54) is 0 Å². The van der Waals surface area contributed by atoms with E-state index < -0.39 is 6.04 Å². The predicted octanol–water partition coefficient (Wildman–Crippen LogP) is 2.04. The Balaban J connectivity index is 2.09. The number of allylic oxidation sites excluding steroid dienone is 2. The van der Waals surface area contributed by atoms with Gasteiger partial charge in [0.1, 0.15) is 18.1 Å². The molecule has 0 saturated carbocycles. The molecule has 3 rings (SSSR count). The van der Waals surface area contributed by atoms with Crippen LogP contribution in [-0.4, -0.2) is 19.3 Å². The highest BCUT2D eigenvalue weighted by Gasteiger charge is 2.35. The summed E-state index contributed by atoms with van der Waals surface area (Å²) in [5.74, 6) is 1.53. The largest absolute Gasteiger partial charge is 0.495 e. The van der Waals surface area contributed by atoms with Gasteiger partial charge in [-0.15, -0.1) is 4.91 Å². The summed E-state index contributed by atoms with van der Waals surface area (Å²) in [5, 5.41) is 3.15. The van der Waals surface area contributed by atoms with Crippen LogP contribution in [0.15, 0.2) is 40.0 Å². The second-order valence-electron chi connectivity index (χ2n) is 3.83. The average Bonchev–Trinajstić information content (AvgIpc) is 2.73. The molecule has 4 heteroatoms. The minimum absolute atomic E-state index is 0.484. The molecule has 0 N–H and O–H groups in total. The van der Waals surface area contributed by atoms with Crippen molar-refractivity contribution in [1.82, 2.24) is 0 Å². The zero-order chi connectivity index (χ0) is 10.3. The molecule has 0 bridgehead atoms. The van der Waals surface area contributed by atoms with Crippen LogP contribution in [0.4, 0.5) is 0 Å². The molecule has 0 radical (unpaired) electrons. The zero-order valence-corrected chi connectivity index (χ0v) is 8.23. The van der Waals surface area contributed by atoms with Crippen molar-refractivity contribution in [2.45, 2.75) is 18.9 Å². The van der Waals surface area contributed by atoms with E-state index in [1.807, 2.05) is 12.2 Å². The monoisotopic (exact) mass is 205 g/mol. The van der Waals surface area contributed by atoms with Crippen molar-refractivity contribution in [3.05, 3.63) is 39.7 Å². The SMILES string of the molecule is O=NC1C2=CCOC2=CC2=C1OCCC2. The van der Waals surface area contributed by atoms with Gasteiger partial charge in [0.2, 0.25) is 0 Å². The minimum Gasteiger partial charge on any atom is -0.495 e. The first-order valence-electron chi connectivity index (χ1n) is 5.13. The van der Waals surface area contributed by atoms with Gasteiger partial charge in [-0.2, -0.15) is 0 Å². The van der Waals surface area contributed by atoms with E-state index in [2.05, 4.69) is 5.18 Å². The maximum absolute atomic E-state index is 10.9. The smallest absolute Gasteiger partial charge is 0.177 e. The van der Waals surface area contributed by atoms with Crippen molar-refractivity contribution >= 4 is 0 Å². The molecule has 2 aliphatic heterocycles. The second kappa shape index (κ2) is 3.22. The molecule has 1 atom stereocenters. The summed E-state index contributed by atoms with van der Waals surface area (Å²) in [6, 6.07) is -0.484. The number of nitroso groups, excluding NO2 is 1. The minimum atomic E-state index is -0.484. The van der Waals surface area contributed by atoms with Gasteiger partial charge in [0, 0.05) is 5.57 Å². The Morgan fingerprint density at radius 1 is 1.40 bits per heavy atom. The third kappa shape index (κ3) is 1.21. The van der Waals surface area contributed by atoms with Crippen LogP contribution in [0.2, 0.25) is 0 Å². The molecule has 3 aliphatic rings. The van der Waals surface area contributed by atoms with Crippen molar-refractivity contribution in [2.24, 2.45) is 5.18 Å². The highest BCUT2D eigenvalue weighted by Crippen LogP contribution is 2.38. The summed E-state index contributed by atoms with van der Waals surface area (Å²) < 4.78 is 11.0. The predicted molar refractivity (Wildman–Crippen MR) is 53.9 cm³/mol. The summed E-state index contributed by atoms with van der Waals surface area (Å²) in [6.45, 7) is 1.22. The Morgan fingerprint density at radius 3 is 3.20 bits per heavy atom. The molecule has 0 fully saturated rings. The molecule has 0 aromatic rings. The topological polar surface area (TPSA) is 47.9 Å². The van der Waals surface area contributed by atoms with Crippen LogP contribution in [0.1, 0.15) is 12.8 Å². The molecule has 78 valence electrons. The first-order chi connectivity index (χ1) is 7.40. The van der Waals surface area contributed by atoms with Crippen LogP contribution >= 0.6 is 0 Å². The van der Waals surface area contributed by atoms with E-state index in [9.17, 15) is 4.91 Å². The number of hydrogen-bond acceptors (Lipinski definition) is 4. The van der Waals surface area contributed by atoms with Crippen LogP contribution in [-0.2, 0) is 9.47 Å². The van der Waals surface area contributed by atoms with E-state index in [-0.39, 0.29) is 0 Å². The van der Waals surface area contributed by atoms with Gasteiger partial charge in [0.15, 0.2) is 6.04 Å². The van der Waals surface area contributed by atoms with E-state index >= 15 is 0 Å². The number of nitrogens with zero attached hydrogens (tertiary/aromatic N) is 1. The Bertz CT molecular complexity index is 406. The second-order valence-corrected chi connectivity index (χ2v) is 3.83.